The van der Waals surface area contributed by atoms with Crippen LogP contribution in [0.25, 0.3) is 0 Å². The van der Waals surface area contributed by atoms with Crippen LogP contribution in [0.3, 0.4) is 0 Å². The van der Waals surface area contributed by atoms with E-state index < -0.39 is 5.60 Å². The van der Waals surface area contributed by atoms with Crippen molar-refractivity contribution in [2.75, 3.05) is 19.6 Å². The molecule has 1 aromatic heterocycles. The minimum absolute atomic E-state index is 0.0252. The van der Waals surface area contributed by atoms with Crippen molar-refractivity contribution in [3.05, 3.63) is 11.7 Å². The van der Waals surface area contributed by atoms with Gasteiger partial charge < -0.3 is 19.5 Å². The summed E-state index contributed by atoms with van der Waals surface area (Å²) in [6.45, 7) is 8.76. The van der Waals surface area contributed by atoms with Crippen molar-refractivity contribution in [3.63, 3.8) is 0 Å². The first-order valence-electron chi connectivity index (χ1n) is 8.29. The summed E-state index contributed by atoms with van der Waals surface area (Å²) >= 11 is 0. The van der Waals surface area contributed by atoms with Gasteiger partial charge in [0.2, 0.25) is 11.8 Å². The first-order chi connectivity index (χ1) is 11.2. The predicted octanol–water partition coefficient (Wildman–Crippen LogP) is 1.68. The minimum atomic E-state index is -0.523. The zero-order valence-corrected chi connectivity index (χ0v) is 14.8. The Morgan fingerprint density at radius 2 is 2.17 bits per heavy atom. The maximum absolute atomic E-state index is 12.2. The van der Waals surface area contributed by atoms with Gasteiger partial charge in [-0.25, -0.2) is 4.79 Å². The van der Waals surface area contributed by atoms with Crippen LogP contribution >= 0.6 is 0 Å². The normalized spacial score (nSPS) is 17.8. The average molecular weight is 338 g/mol. The second kappa shape index (κ2) is 7.63. The van der Waals surface area contributed by atoms with Gasteiger partial charge >= 0.3 is 6.09 Å². The molecule has 8 heteroatoms. The number of carbonyl (C=O) groups is 2. The average Bonchev–Trinajstić information content (AvgIpc) is 3.10. The number of nitrogens with zero attached hydrogens (tertiary/aromatic N) is 3. The number of ether oxygens (including phenoxy) is 1. The van der Waals surface area contributed by atoms with E-state index in [9.17, 15) is 9.59 Å². The van der Waals surface area contributed by atoms with Gasteiger partial charge in [0.05, 0.1) is 5.92 Å². The molecule has 0 radical (unpaired) electrons. The molecule has 0 bridgehead atoms. The van der Waals surface area contributed by atoms with Crippen LogP contribution in [-0.4, -0.2) is 52.3 Å². The molecular formula is C16H26N4O4. The third kappa shape index (κ3) is 5.50. The molecular weight excluding hydrogens is 312 g/mol. The highest BCUT2D eigenvalue weighted by Gasteiger charge is 2.33. The molecule has 1 N–H and O–H groups in total. The number of hydrogen-bond donors (Lipinski definition) is 1. The fourth-order valence-corrected chi connectivity index (χ4v) is 2.50. The molecule has 24 heavy (non-hydrogen) atoms. The number of carbonyl (C=O) groups excluding carboxylic acids is 2. The number of aryl methyl sites for hydroxylation is 2. The Labute approximate surface area is 141 Å². The van der Waals surface area contributed by atoms with Crippen molar-refractivity contribution in [3.8, 4) is 0 Å². The maximum atomic E-state index is 12.2. The van der Waals surface area contributed by atoms with Gasteiger partial charge in [-0.1, -0.05) is 5.16 Å². The summed E-state index contributed by atoms with van der Waals surface area (Å²) in [5.74, 6) is 0.992. The largest absolute Gasteiger partial charge is 0.444 e. The van der Waals surface area contributed by atoms with Crippen LogP contribution in [0.5, 0.6) is 0 Å². The van der Waals surface area contributed by atoms with Crippen LogP contribution in [0.15, 0.2) is 4.52 Å². The van der Waals surface area contributed by atoms with E-state index in [1.54, 1.807) is 11.8 Å². The monoisotopic (exact) mass is 338 g/mol. The van der Waals surface area contributed by atoms with E-state index in [1.165, 1.54) is 0 Å². The van der Waals surface area contributed by atoms with Gasteiger partial charge in [0.15, 0.2) is 5.82 Å². The summed E-state index contributed by atoms with van der Waals surface area (Å²) in [5.41, 5.74) is -0.523. The molecule has 0 saturated carbocycles. The van der Waals surface area contributed by atoms with E-state index in [0.717, 1.165) is 6.42 Å². The van der Waals surface area contributed by atoms with E-state index in [1.807, 2.05) is 20.8 Å². The van der Waals surface area contributed by atoms with Gasteiger partial charge in [0, 0.05) is 26.1 Å². The van der Waals surface area contributed by atoms with E-state index in [0.29, 0.717) is 44.2 Å². The molecule has 1 aliphatic heterocycles. The molecule has 0 spiro atoms. The van der Waals surface area contributed by atoms with Gasteiger partial charge in [-0.3, -0.25) is 4.79 Å². The summed E-state index contributed by atoms with van der Waals surface area (Å²) in [6.07, 6.45) is 1.67. The standard InChI is InChI=1S/C16H26N4O4/c1-11-18-13(24-19-11)6-5-8-17-14(21)12-7-9-20(10-12)15(22)23-16(2,3)4/h12H,5-10H2,1-4H3,(H,17,21). The lowest BCUT2D eigenvalue weighted by atomic mass is 10.1. The van der Waals surface area contributed by atoms with Crippen molar-refractivity contribution in [1.29, 1.82) is 0 Å². The molecule has 2 rings (SSSR count). The van der Waals surface area contributed by atoms with Gasteiger partial charge in [-0.15, -0.1) is 0 Å². The van der Waals surface area contributed by atoms with Gasteiger partial charge in [0.1, 0.15) is 5.60 Å². The van der Waals surface area contributed by atoms with Gasteiger partial charge in [-0.2, -0.15) is 4.98 Å². The Morgan fingerprint density at radius 1 is 1.42 bits per heavy atom. The molecule has 134 valence electrons. The molecule has 1 saturated heterocycles. The fraction of sp³-hybridized carbons (Fsp3) is 0.750. The predicted molar refractivity (Wildman–Crippen MR) is 86.3 cm³/mol. The molecule has 0 aromatic carbocycles. The molecule has 1 atom stereocenters. The van der Waals surface area contributed by atoms with Crippen molar-refractivity contribution >= 4 is 12.0 Å². The molecule has 2 amide bonds. The highest BCUT2D eigenvalue weighted by Crippen LogP contribution is 2.19. The SMILES string of the molecule is Cc1noc(CCCNC(=O)C2CCN(C(=O)OC(C)(C)C)C2)n1. The number of likely N-dealkylation sites (tertiary alicyclic amines) is 1. The quantitative estimate of drug-likeness (QED) is 0.820. The zero-order chi connectivity index (χ0) is 17.7. The van der Waals surface area contributed by atoms with Crippen LogP contribution in [0.2, 0.25) is 0 Å². The molecule has 1 fully saturated rings. The summed E-state index contributed by atoms with van der Waals surface area (Å²) in [6, 6.07) is 0. The number of amides is 2. The molecule has 1 aromatic rings. The van der Waals surface area contributed by atoms with Gasteiger partial charge in [-0.05, 0) is 40.5 Å². The maximum Gasteiger partial charge on any atom is 0.410 e. The zero-order valence-electron chi connectivity index (χ0n) is 14.8. The Morgan fingerprint density at radius 3 is 2.79 bits per heavy atom. The lowest BCUT2D eigenvalue weighted by molar-refractivity contribution is -0.124. The third-order valence-electron chi connectivity index (χ3n) is 3.65. The number of hydrogen-bond acceptors (Lipinski definition) is 6. The van der Waals surface area contributed by atoms with Crippen LogP contribution in [-0.2, 0) is 16.0 Å². The Bertz CT molecular complexity index is 579. The number of rotatable bonds is 5. The smallest absolute Gasteiger partial charge is 0.410 e. The van der Waals surface area contributed by atoms with E-state index in [4.69, 9.17) is 9.26 Å². The lowest BCUT2D eigenvalue weighted by Crippen LogP contribution is -2.37. The molecule has 8 nitrogen and oxygen atoms in total. The summed E-state index contributed by atoms with van der Waals surface area (Å²) < 4.78 is 10.4. The molecule has 2 heterocycles. The Kier molecular flexibility index (Phi) is 5.80. The van der Waals surface area contributed by atoms with Crippen LogP contribution in [0, 0.1) is 12.8 Å². The summed E-state index contributed by atoms with van der Waals surface area (Å²) in [5, 5.41) is 6.62. The number of aromatic nitrogens is 2. The number of nitrogens with one attached hydrogen (secondary N) is 1. The fourth-order valence-electron chi connectivity index (χ4n) is 2.50. The Balaban J connectivity index is 1.67. The molecule has 1 unspecified atom stereocenters. The lowest BCUT2D eigenvalue weighted by Gasteiger charge is -2.24. The second-order valence-electron chi connectivity index (χ2n) is 7.04. The van der Waals surface area contributed by atoms with E-state index in [2.05, 4.69) is 15.5 Å². The second-order valence-corrected chi connectivity index (χ2v) is 7.04. The summed E-state index contributed by atoms with van der Waals surface area (Å²) in [7, 11) is 0. The van der Waals surface area contributed by atoms with E-state index in [-0.39, 0.29) is 17.9 Å². The van der Waals surface area contributed by atoms with E-state index >= 15 is 0 Å². The third-order valence-corrected chi connectivity index (χ3v) is 3.65. The van der Waals surface area contributed by atoms with Crippen molar-refractivity contribution in [2.24, 2.45) is 5.92 Å². The summed E-state index contributed by atoms with van der Waals surface area (Å²) in [4.78, 5) is 29.9. The first kappa shape index (κ1) is 18.2. The van der Waals surface area contributed by atoms with Crippen molar-refractivity contribution in [1.82, 2.24) is 20.4 Å². The van der Waals surface area contributed by atoms with Gasteiger partial charge in [0.25, 0.3) is 0 Å². The first-order valence-corrected chi connectivity index (χ1v) is 8.29. The van der Waals surface area contributed by atoms with Crippen LogP contribution < -0.4 is 5.32 Å². The van der Waals surface area contributed by atoms with Crippen molar-refractivity contribution in [2.45, 2.75) is 52.6 Å². The van der Waals surface area contributed by atoms with Crippen LogP contribution in [0.1, 0.15) is 45.3 Å². The highest BCUT2D eigenvalue weighted by atomic mass is 16.6. The van der Waals surface area contributed by atoms with Crippen molar-refractivity contribution < 1.29 is 18.8 Å². The minimum Gasteiger partial charge on any atom is -0.444 e. The highest BCUT2D eigenvalue weighted by molar-refractivity contribution is 5.80. The molecule has 1 aliphatic rings. The molecule has 0 aliphatic carbocycles. The van der Waals surface area contributed by atoms with Crippen LogP contribution in [0.4, 0.5) is 4.79 Å². The topological polar surface area (TPSA) is 97.6 Å². The Hall–Kier alpha value is -2.12.